The number of carbonyl (C=O) groups excluding carboxylic acids is 1. The monoisotopic (exact) mass is 351 g/mol. The number of nitrogens with two attached hydrogens (primary N) is 1. The van der Waals surface area contributed by atoms with Gasteiger partial charge in [0.15, 0.2) is 0 Å². The smallest absolute Gasteiger partial charge is 0.321 e. The van der Waals surface area contributed by atoms with Crippen LogP contribution >= 0.6 is 23.2 Å². The third-order valence-corrected chi connectivity index (χ3v) is 5.35. The van der Waals surface area contributed by atoms with Crippen LogP contribution in [0.3, 0.4) is 0 Å². The summed E-state index contributed by atoms with van der Waals surface area (Å²) in [5, 5.41) is 7.81. The minimum Gasteiger partial charge on any atom is -0.323 e. The highest BCUT2D eigenvalue weighted by Crippen LogP contribution is 2.25. The number of primary sulfonamides is 1. The predicted octanol–water partition coefficient (Wildman–Crippen LogP) is 2.28. The van der Waals surface area contributed by atoms with E-state index in [1.807, 2.05) is 0 Å². The van der Waals surface area contributed by atoms with Crippen LogP contribution in [0.25, 0.3) is 0 Å². The van der Waals surface area contributed by atoms with Crippen LogP contribution in [-0.2, 0) is 10.0 Å². The molecule has 1 fully saturated rings. The van der Waals surface area contributed by atoms with E-state index in [4.69, 9.17) is 28.3 Å². The molecule has 3 N–H and O–H groups in total. The fourth-order valence-electron chi connectivity index (χ4n) is 2.17. The van der Waals surface area contributed by atoms with Crippen LogP contribution in [0, 0.1) is 0 Å². The van der Waals surface area contributed by atoms with Gasteiger partial charge in [0.1, 0.15) is 0 Å². The van der Waals surface area contributed by atoms with Crippen LogP contribution < -0.4 is 10.5 Å². The Kier molecular flexibility index (Phi) is 4.98. The number of carbonyl (C=O) groups is 1. The molecule has 0 spiro atoms. The first-order valence-corrected chi connectivity index (χ1v) is 8.66. The molecule has 1 aromatic rings. The van der Waals surface area contributed by atoms with Gasteiger partial charge in [-0.2, -0.15) is 0 Å². The first-order chi connectivity index (χ1) is 9.77. The quantitative estimate of drug-likeness (QED) is 0.855. The SMILES string of the molecule is NS(=O)(=O)C1CCCN(C(=O)Nc2ccc(Cl)c(Cl)c2)C1. The Morgan fingerprint density at radius 2 is 2.05 bits per heavy atom. The third kappa shape index (κ3) is 4.23. The van der Waals surface area contributed by atoms with Gasteiger partial charge in [0.25, 0.3) is 0 Å². The zero-order valence-electron chi connectivity index (χ0n) is 11.1. The lowest BCUT2D eigenvalue weighted by Gasteiger charge is -2.31. The molecule has 1 unspecified atom stereocenters. The van der Waals surface area contributed by atoms with Crippen LogP contribution in [0.4, 0.5) is 10.5 Å². The average Bonchev–Trinajstić information content (AvgIpc) is 2.42. The first kappa shape index (κ1) is 16.4. The number of benzene rings is 1. The summed E-state index contributed by atoms with van der Waals surface area (Å²) in [6, 6.07) is 4.33. The second kappa shape index (κ2) is 6.39. The number of urea groups is 1. The second-order valence-corrected chi connectivity index (χ2v) is 7.52. The van der Waals surface area contributed by atoms with Crippen molar-refractivity contribution in [2.45, 2.75) is 18.1 Å². The van der Waals surface area contributed by atoms with Crippen LogP contribution in [0.1, 0.15) is 12.8 Å². The fraction of sp³-hybridized carbons (Fsp3) is 0.417. The Morgan fingerprint density at radius 1 is 1.33 bits per heavy atom. The number of piperidine rings is 1. The van der Waals surface area contributed by atoms with Gasteiger partial charge in [-0.05, 0) is 31.0 Å². The summed E-state index contributed by atoms with van der Waals surface area (Å²) in [7, 11) is -3.64. The van der Waals surface area contributed by atoms with Gasteiger partial charge < -0.3 is 10.2 Å². The van der Waals surface area contributed by atoms with Crippen LogP contribution in [0.5, 0.6) is 0 Å². The topological polar surface area (TPSA) is 92.5 Å². The van der Waals surface area contributed by atoms with E-state index in [9.17, 15) is 13.2 Å². The molecule has 2 amide bonds. The van der Waals surface area contributed by atoms with E-state index in [0.717, 1.165) is 0 Å². The number of rotatable bonds is 2. The maximum atomic E-state index is 12.1. The molecular formula is C12H15Cl2N3O3S. The summed E-state index contributed by atoms with van der Waals surface area (Å²) >= 11 is 11.7. The van der Waals surface area contributed by atoms with E-state index in [-0.39, 0.29) is 12.6 Å². The number of nitrogens with zero attached hydrogens (tertiary/aromatic N) is 1. The maximum absolute atomic E-state index is 12.1. The summed E-state index contributed by atoms with van der Waals surface area (Å²) in [4.78, 5) is 13.6. The minimum absolute atomic E-state index is 0.0893. The Bertz CT molecular complexity index is 651. The van der Waals surface area contributed by atoms with E-state index >= 15 is 0 Å². The van der Waals surface area contributed by atoms with E-state index in [2.05, 4.69) is 5.32 Å². The maximum Gasteiger partial charge on any atom is 0.321 e. The number of sulfonamides is 1. The van der Waals surface area contributed by atoms with Crippen LogP contribution in [-0.4, -0.2) is 37.7 Å². The van der Waals surface area contributed by atoms with Gasteiger partial charge in [-0.3, -0.25) is 0 Å². The summed E-state index contributed by atoms with van der Waals surface area (Å²) in [6.45, 7) is 0.575. The number of halogens is 2. The number of nitrogens with one attached hydrogen (secondary N) is 1. The number of likely N-dealkylation sites (tertiary alicyclic amines) is 1. The lowest BCUT2D eigenvalue weighted by Crippen LogP contribution is -2.48. The molecule has 2 rings (SSSR count). The third-order valence-electron chi connectivity index (χ3n) is 3.30. The number of amides is 2. The normalized spacial score (nSPS) is 19.4. The zero-order chi connectivity index (χ0) is 15.6. The molecule has 0 aromatic heterocycles. The van der Waals surface area contributed by atoms with Crippen LogP contribution in [0.2, 0.25) is 10.0 Å². The van der Waals surface area contributed by atoms with Gasteiger partial charge in [0.2, 0.25) is 10.0 Å². The van der Waals surface area contributed by atoms with Gasteiger partial charge in [-0.15, -0.1) is 0 Å². The average molecular weight is 352 g/mol. The van der Waals surface area contributed by atoms with E-state index in [0.29, 0.717) is 35.1 Å². The van der Waals surface area contributed by atoms with E-state index < -0.39 is 15.3 Å². The molecule has 1 heterocycles. The molecule has 21 heavy (non-hydrogen) atoms. The van der Waals surface area contributed by atoms with Crippen molar-refractivity contribution in [2.75, 3.05) is 18.4 Å². The number of anilines is 1. The van der Waals surface area contributed by atoms with E-state index in [1.165, 1.54) is 11.0 Å². The summed E-state index contributed by atoms with van der Waals surface area (Å²) in [5.74, 6) is 0. The molecule has 0 bridgehead atoms. The standard InChI is InChI=1S/C12H15Cl2N3O3S/c13-10-4-3-8(6-11(10)14)16-12(18)17-5-1-2-9(7-17)21(15,19)20/h3-4,6,9H,1-2,5,7H2,(H,16,18)(H2,15,19,20). The molecular weight excluding hydrogens is 337 g/mol. The molecule has 1 saturated heterocycles. The highest BCUT2D eigenvalue weighted by Gasteiger charge is 2.30. The fourth-order valence-corrected chi connectivity index (χ4v) is 3.35. The molecule has 0 aliphatic carbocycles. The lowest BCUT2D eigenvalue weighted by atomic mass is 10.1. The lowest BCUT2D eigenvalue weighted by molar-refractivity contribution is 0.200. The molecule has 0 radical (unpaired) electrons. The molecule has 1 aliphatic rings. The van der Waals surface area contributed by atoms with Crippen molar-refractivity contribution in [1.29, 1.82) is 0 Å². The molecule has 1 aromatic carbocycles. The Hall–Kier alpha value is -1.02. The molecule has 1 atom stereocenters. The van der Waals surface area contributed by atoms with Crippen molar-refractivity contribution in [3.8, 4) is 0 Å². The van der Waals surface area contributed by atoms with Crippen molar-refractivity contribution in [3.05, 3.63) is 28.2 Å². The van der Waals surface area contributed by atoms with Crippen molar-refractivity contribution < 1.29 is 13.2 Å². The predicted molar refractivity (Wildman–Crippen MR) is 83.2 cm³/mol. The zero-order valence-corrected chi connectivity index (χ0v) is 13.4. The number of hydrogen-bond donors (Lipinski definition) is 2. The molecule has 6 nitrogen and oxygen atoms in total. The largest absolute Gasteiger partial charge is 0.323 e. The minimum atomic E-state index is -3.64. The van der Waals surface area contributed by atoms with Crippen molar-refractivity contribution in [1.82, 2.24) is 4.90 Å². The van der Waals surface area contributed by atoms with Gasteiger partial charge in [-0.1, -0.05) is 23.2 Å². The molecule has 1 aliphatic heterocycles. The summed E-state index contributed by atoms with van der Waals surface area (Å²) < 4.78 is 22.8. The van der Waals surface area contributed by atoms with Crippen molar-refractivity contribution in [3.63, 3.8) is 0 Å². The van der Waals surface area contributed by atoms with Gasteiger partial charge >= 0.3 is 6.03 Å². The van der Waals surface area contributed by atoms with Gasteiger partial charge in [0.05, 0.1) is 15.3 Å². The van der Waals surface area contributed by atoms with Gasteiger partial charge in [-0.25, -0.2) is 18.4 Å². The van der Waals surface area contributed by atoms with Crippen molar-refractivity contribution in [2.24, 2.45) is 5.14 Å². The Morgan fingerprint density at radius 3 is 2.67 bits per heavy atom. The Labute approximate surface area is 133 Å². The summed E-state index contributed by atoms with van der Waals surface area (Å²) in [5.41, 5.74) is 0.493. The van der Waals surface area contributed by atoms with Crippen molar-refractivity contribution >= 4 is 44.9 Å². The Balaban J connectivity index is 2.04. The summed E-state index contributed by atoms with van der Waals surface area (Å²) in [6.07, 6.45) is 1.06. The van der Waals surface area contributed by atoms with Gasteiger partial charge in [0, 0.05) is 18.8 Å². The highest BCUT2D eigenvalue weighted by atomic mass is 35.5. The molecule has 116 valence electrons. The molecule has 9 heteroatoms. The number of hydrogen-bond acceptors (Lipinski definition) is 3. The van der Waals surface area contributed by atoms with Crippen LogP contribution in [0.15, 0.2) is 18.2 Å². The molecule has 0 saturated carbocycles. The first-order valence-electron chi connectivity index (χ1n) is 6.30. The van der Waals surface area contributed by atoms with E-state index in [1.54, 1.807) is 12.1 Å². The second-order valence-electron chi connectivity index (χ2n) is 4.86. The highest BCUT2D eigenvalue weighted by molar-refractivity contribution is 7.89.